The van der Waals surface area contributed by atoms with Gasteiger partial charge in [0.1, 0.15) is 12.4 Å². The Balaban J connectivity index is 1.39. The molecule has 1 saturated carbocycles. The number of halogens is 1. The number of nitrogens with two attached hydrogens (primary N) is 2. The van der Waals surface area contributed by atoms with E-state index < -0.39 is 11.7 Å². The number of pyridine rings is 2. The third-order valence-electron chi connectivity index (χ3n) is 6.80. The quantitative estimate of drug-likeness (QED) is 0.371. The Morgan fingerprint density at radius 2 is 2.00 bits per heavy atom. The Morgan fingerprint density at radius 1 is 1.14 bits per heavy atom. The number of benzene rings is 1. The Hall–Kier alpha value is -3.50. The van der Waals surface area contributed by atoms with Gasteiger partial charge in [0.05, 0.1) is 11.7 Å². The predicted molar refractivity (Wildman–Crippen MR) is 136 cm³/mol. The molecule has 1 aromatic carbocycles. The van der Waals surface area contributed by atoms with Crippen molar-refractivity contribution < 1.29 is 18.7 Å². The molecule has 5 rings (SSSR count). The van der Waals surface area contributed by atoms with Gasteiger partial charge in [-0.3, -0.25) is 4.79 Å². The minimum absolute atomic E-state index is 0.0404. The molecule has 190 valence electrons. The van der Waals surface area contributed by atoms with Crippen LogP contribution in [0.15, 0.2) is 36.5 Å². The molecule has 9 nitrogen and oxygen atoms in total. The van der Waals surface area contributed by atoms with Crippen LogP contribution in [0.2, 0.25) is 0 Å². The van der Waals surface area contributed by atoms with Crippen molar-refractivity contribution in [3.8, 4) is 5.88 Å². The average Bonchev–Trinajstić information content (AvgIpc) is 3.39. The van der Waals surface area contributed by atoms with E-state index in [4.69, 9.17) is 20.9 Å². The lowest BCUT2D eigenvalue weighted by molar-refractivity contribution is 0.0669. The van der Waals surface area contributed by atoms with Gasteiger partial charge in [0.15, 0.2) is 11.6 Å². The molecule has 3 heterocycles. The van der Waals surface area contributed by atoms with E-state index in [-0.39, 0.29) is 35.4 Å². The SMILES string of the molecule is NC(=O)c1cc(F)c(N[C@@H]2CCCC[C@@H]2N)nc1Nc1ccc2c(OCC3CCCO3)nccc2c1. The molecule has 0 radical (unpaired) electrons. The zero-order valence-electron chi connectivity index (χ0n) is 20.0. The minimum atomic E-state index is -0.778. The number of anilines is 3. The lowest BCUT2D eigenvalue weighted by atomic mass is 9.91. The zero-order chi connectivity index (χ0) is 25.1. The Morgan fingerprint density at radius 3 is 2.78 bits per heavy atom. The number of fused-ring (bicyclic) bond motifs is 1. The molecule has 10 heteroatoms. The van der Waals surface area contributed by atoms with Crippen molar-refractivity contribution in [2.45, 2.75) is 56.7 Å². The second-order valence-corrected chi connectivity index (χ2v) is 9.40. The number of hydrogen-bond donors (Lipinski definition) is 4. The summed E-state index contributed by atoms with van der Waals surface area (Å²) in [6.07, 6.45) is 7.57. The molecule has 6 N–H and O–H groups in total. The fourth-order valence-corrected chi connectivity index (χ4v) is 4.81. The van der Waals surface area contributed by atoms with E-state index in [1.807, 2.05) is 24.3 Å². The molecule has 1 unspecified atom stereocenters. The third kappa shape index (κ3) is 5.34. The van der Waals surface area contributed by atoms with Crippen LogP contribution in [0.4, 0.5) is 21.7 Å². The number of aromatic nitrogens is 2. The zero-order valence-corrected chi connectivity index (χ0v) is 20.0. The van der Waals surface area contributed by atoms with Gasteiger partial charge in [-0.15, -0.1) is 0 Å². The van der Waals surface area contributed by atoms with Crippen molar-refractivity contribution in [1.82, 2.24) is 9.97 Å². The summed E-state index contributed by atoms with van der Waals surface area (Å²) >= 11 is 0. The summed E-state index contributed by atoms with van der Waals surface area (Å²) in [7, 11) is 0. The number of rotatable bonds is 8. The average molecular weight is 495 g/mol. The molecular formula is C26H31FN6O3. The summed E-state index contributed by atoms with van der Waals surface area (Å²) in [5.74, 6) is -0.689. The highest BCUT2D eigenvalue weighted by Gasteiger charge is 2.24. The van der Waals surface area contributed by atoms with Gasteiger partial charge in [-0.1, -0.05) is 12.8 Å². The predicted octanol–water partition coefficient (Wildman–Crippen LogP) is 3.85. The van der Waals surface area contributed by atoms with Crippen molar-refractivity contribution in [3.05, 3.63) is 47.9 Å². The maximum atomic E-state index is 14.8. The van der Waals surface area contributed by atoms with Gasteiger partial charge in [0.25, 0.3) is 5.91 Å². The van der Waals surface area contributed by atoms with Crippen molar-refractivity contribution in [2.75, 3.05) is 23.8 Å². The molecule has 0 spiro atoms. The van der Waals surface area contributed by atoms with Crippen LogP contribution in [0.1, 0.15) is 48.9 Å². The Kier molecular flexibility index (Phi) is 7.15. The molecule has 36 heavy (non-hydrogen) atoms. The summed E-state index contributed by atoms with van der Waals surface area (Å²) in [5, 5.41) is 7.98. The van der Waals surface area contributed by atoms with Gasteiger partial charge in [-0.25, -0.2) is 14.4 Å². The van der Waals surface area contributed by atoms with Crippen LogP contribution < -0.4 is 26.8 Å². The fourth-order valence-electron chi connectivity index (χ4n) is 4.81. The smallest absolute Gasteiger partial charge is 0.252 e. The van der Waals surface area contributed by atoms with Crippen molar-refractivity contribution in [2.24, 2.45) is 11.5 Å². The second-order valence-electron chi connectivity index (χ2n) is 9.40. The molecule has 2 aromatic heterocycles. The highest BCUT2D eigenvalue weighted by atomic mass is 19.1. The Bertz CT molecular complexity index is 1250. The molecule has 1 amide bonds. The molecule has 2 fully saturated rings. The number of primary amides is 1. The first-order valence-corrected chi connectivity index (χ1v) is 12.4. The van der Waals surface area contributed by atoms with E-state index in [1.165, 1.54) is 0 Å². The van der Waals surface area contributed by atoms with Gasteiger partial charge >= 0.3 is 0 Å². The van der Waals surface area contributed by atoms with Crippen LogP contribution in [-0.2, 0) is 4.74 Å². The van der Waals surface area contributed by atoms with Crippen molar-refractivity contribution in [3.63, 3.8) is 0 Å². The molecule has 3 atom stereocenters. The first-order valence-electron chi connectivity index (χ1n) is 12.4. The maximum Gasteiger partial charge on any atom is 0.252 e. The summed E-state index contributed by atoms with van der Waals surface area (Å²) < 4.78 is 26.4. The van der Waals surface area contributed by atoms with Crippen molar-refractivity contribution in [1.29, 1.82) is 0 Å². The van der Waals surface area contributed by atoms with Gasteiger partial charge < -0.3 is 31.6 Å². The van der Waals surface area contributed by atoms with Crippen LogP contribution >= 0.6 is 0 Å². The van der Waals surface area contributed by atoms with E-state index >= 15 is 0 Å². The van der Waals surface area contributed by atoms with Crippen LogP contribution in [0.3, 0.4) is 0 Å². The van der Waals surface area contributed by atoms with Gasteiger partial charge in [0.2, 0.25) is 5.88 Å². The van der Waals surface area contributed by atoms with Crippen LogP contribution in [0.25, 0.3) is 10.8 Å². The van der Waals surface area contributed by atoms with E-state index in [2.05, 4.69) is 20.6 Å². The normalized spacial score (nSPS) is 21.9. The number of hydrogen-bond acceptors (Lipinski definition) is 8. The van der Waals surface area contributed by atoms with Crippen LogP contribution in [0.5, 0.6) is 5.88 Å². The maximum absolute atomic E-state index is 14.8. The summed E-state index contributed by atoms with van der Waals surface area (Å²) in [4.78, 5) is 20.8. The molecule has 3 aromatic rings. The molecule has 2 aliphatic rings. The highest BCUT2D eigenvalue weighted by Crippen LogP contribution is 2.30. The molecular weight excluding hydrogens is 463 g/mol. The largest absolute Gasteiger partial charge is 0.474 e. The van der Waals surface area contributed by atoms with Gasteiger partial charge in [0, 0.05) is 36.0 Å². The fraction of sp³-hybridized carbons (Fsp3) is 0.423. The van der Waals surface area contributed by atoms with Crippen LogP contribution in [-0.4, -0.2) is 47.3 Å². The number of ether oxygens (including phenoxy) is 2. The Labute approximate surface area is 208 Å². The molecule has 1 aliphatic carbocycles. The van der Waals surface area contributed by atoms with E-state index in [9.17, 15) is 9.18 Å². The summed E-state index contributed by atoms with van der Waals surface area (Å²) in [6, 6.07) is 8.38. The first kappa shape index (κ1) is 24.2. The third-order valence-corrected chi connectivity index (χ3v) is 6.80. The summed E-state index contributed by atoms with van der Waals surface area (Å²) in [6.45, 7) is 1.22. The number of carbonyl (C=O) groups excluding carboxylic acids is 1. The first-order chi connectivity index (χ1) is 17.5. The number of nitrogens with one attached hydrogen (secondary N) is 2. The van der Waals surface area contributed by atoms with Gasteiger partial charge in [-0.05, 0) is 61.4 Å². The number of nitrogens with zero attached hydrogens (tertiary/aromatic N) is 2. The second kappa shape index (κ2) is 10.6. The lowest BCUT2D eigenvalue weighted by Crippen LogP contribution is -2.43. The van der Waals surface area contributed by atoms with Gasteiger partial charge in [-0.2, -0.15) is 0 Å². The molecule has 0 bridgehead atoms. The molecule has 1 aliphatic heterocycles. The standard InChI is InChI=1S/C26H31FN6O3/c27-20-13-19(23(29)34)24(33-25(20)32-22-6-2-1-5-21(22)28)31-16-7-8-18-15(12-16)9-10-30-26(18)36-14-17-4-3-11-35-17/h7-10,12-13,17,21-22H,1-6,11,14,28H2,(H2,29,34)(H2,31,32,33)/t17?,21-,22+/m0/s1. The van der Waals surface area contributed by atoms with E-state index in [0.29, 0.717) is 18.2 Å². The topological polar surface area (TPSA) is 137 Å². The highest BCUT2D eigenvalue weighted by molar-refractivity contribution is 5.99. The van der Waals surface area contributed by atoms with Crippen LogP contribution in [0, 0.1) is 5.82 Å². The minimum Gasteiger partial charge on any atom is -0.474 e. The monoisotopic (exact) mass is 494 g/mol. The van der Waals surface area contributed by atoms with E-state index in [1.54, 1.807) is 6.20 Å². The van der Waals surface area contributed by atoms with E-state index in [0.717, 1.165) is 62.0 Å². The number of carbonyl (C=O) groups is 1. The summed E-state index contributed by atoms with van der Waals surface area (Å²) in [5.41, 5.74) is 12.4. The lowest BCUT2D eigenvalue weighted by Gasteiger charge is -2.30. The molecule has 1 saturated heterocycles. The number of amides is 1. The van der Waals surface area contributed by atoms with Crippen molar-refractivity contribution >= 4 is 34.0 Å².